The van der Waals surface area contributed by atoms with E-state index in [2.05, 4.69) is 0 Å². The molecule has 0 bridgehead atoms. The maximum Gasteiger partial charge on any atom is 0.307 e. The van der Waals surface area contributed by atoms with Crippen LogP contribution in [0.25, 0.3) is 0 Å². The van der Waals surface area contributed by atoms with Crippen LogP contribution in [0.3, 0.4) is 0 Å². The molecule has 0 heterocycles. The number of carboxylic acid groups (broad SMARTS) is 1. The summed E-state index contributed by atoms with van der Waals surface area (Å²) in [7, 11) is 0. The molecule has 0 saturated heterocycles. The van der Waals surface area contributed by atoms with Crippen molar-refractivity contribution in [1.82, 2.24) is 0 Å². The van der Waals surface area contributed by atoms with E-state index in [1.165, 1.54) is 0 Å². The summed E-state index contributed by atoms with van der Waals surface area (Å²) in [6.07, 6.45) is 0.313. The highest BCUT2D eigenvalue weighted by molar-refractivity contribution is 6.27. The van der Waals surface area contributed by atoms with Gasteiger partial charge in [0.25, 0.3) is 0 Å². The van der Waals surface area contributed by atoms with Crippen molar-refractivity contribution in [2.24, 2.45) is 0 Å². The van der Waals surface area contributed by atoms with Crippen molar-refractivity contribution in [2.45, 2.75) is 19.8 Å². The highest BCUT2D eigenvalue weighted by Gasteiger charge is 2.07. The molecule has 16 heavy (non-hydrogen) atoms. The smallest absolute Gasteiger partial charge is 0.307 e. The summed E-state index contributed by atoms with van der Waals surface area (Å²) in [5, 5.41) is 8.67. The number of rotatable bonds is 5. The van der Waals surface area contributed by atoms with Crippen LogP contribution in [0, 0.1) is 6.92 Å². The van der Waals surface area contributed by atoms with Crippen molar-refractivity contribution >= 4 is 23.4 Å². The number of carbonyl (C=O) groups excluding carboxylic acids is 1. The highest BCUT2D eigenvalue weighted by Crippen LogP contribution is 2.13. The minimum Gasteiger partial charge on any atom is -0.481 e. The van der Waals surface area contributed by atoms with Crippen molar-refractivity contribution in [1.29, 1.82) is 0 Å². The Morgan fingerprint density at radius 2 is 2.00 bits per heavy atom. The predicted octanol–water partition coefficient (Wildman–Crippen LogP) is 1.97. The van der Waals surface area contributed by atoms with Crippen molar-refractivity contribution < 1.29 is 14.7 Å². The average molecular weight is 241 g/mol. The van der Waals surface area contributed by atoms with Gasteiger partial charge >= 0.3 is 5.97 Å². The lowest BCUT2D eigenvalue weighted by molar-refractivity contribution is -0.136. The van der Waals surface area contributed by atoms with Crippen LogP contribution in [-0.2, 0) is 22.4 Å². The molecule has 0 atom stereocenters. The summed E-state index contributed by atoms with van der Waals surface area (Å²) in [4.78, 5) is 21.7. The minimum absolute atomic E-state index is 0.00949. The monoisotopic (exact) mass is 240 g/mol. The van der Waals surface area contributed by atoms with Crippen molar-refractivity contribution in [3.63, 3.8) is 0 Å². The normalized spacial score (nSPS) is 10.1. The van der Waals surface area contributed by atoms with Crippen LogP contribution < -0.4 is 0 Å². The Kier molecular flexibility index (Phi) is 4.50. The van der Waals surface area contributed by atoms with Gasteiger partial charge in [0.2, 0.25) is 0 Å². The van der Waals surface area contributed by atoms with Crippen LogP contribution in [-0.4, -0.2) is 22.7 Å². The van der Waals surface area contributed by atoms with Gasteiger partial charge in [0.15, 0.2) is 5.78 Å². The molecule has 0 fully saturated rings. The zero-order chi connectivity index (χ0) is 12.1. The molecule has 86 valence electrons. The Balaban J connectivity index is 2.82. The lowest BCUT2D eigenvalue weighted by Crippen LogP contribution is -2.06. The van der Waals surface area contributed by atoms with Crippen LogP contribution >= 0.6 is 11.6 Å². The van der Waals surface area contributed by atoms with E-state index in [-0.39, 0.29) is 18.1 Å². The Morgan fingerprint density at radius 3 is 2.50 bits per heavy atom. The molecule has 4 heteroatoms. The number of hydrogen-bond donors (Lipinski definition) is 1. The number of halogens is 1. The van der Waals surface area contributed by atoms with E-state index in [0.717, 1.165) is 16.7 Å². The van der Waals surface area contributed by atoms with E-state index in [9.17, 15) is 9.59 Å². The molecule has 1 aromatic rings. The Morgan fingerprint density at radius 1 is 1.31 bits per heavy atom. The maximum atomic E-state index is 11.1. The van der Waals surface area contributed by atoms with Crippen molar-refractivity contribution in [3.05, 3.63) is 34.9 Å². The number of aliphatic carboxylic acids is 1. The first-order valence-electron chi connectivity index (χ1n) is 4.90. The maximum absolute atomic E-state index is 11.1. The van der Waals surface area contributed by atoms with Crippen LogP contribution in [0.5, 0.6) is 0 Å². The molecule has 1 rings (SSSR count). The number of hydrogen-bond acceptors (Lipinski definition) is 2. The highest BCUT2D eigenvalue weighted by atomic mass is 35.5. The third kappa shape index (κ3) is 3.66. The Bertz CT molecular complexity index is 413. The standard InChI is InChI=1S/C12H13ClO3/c1-8-4-9(5-11(14)7-13)2-3-10(8)6-12(15)16/h2-4H,5-7H2,1H3,(H,15,16). The first kappa shape index (κ1) is 12.7. The second kappa shape index (κ2) is 5.66. The summed E-state index contributed by atoms with van der Waals surface area (Å²) in [6, 6.07) is 5.36. The first-order chi connectivity index (χ1) is 7.52. The number of alkyl halides is 1. The van der Waals surface area contributed by atoms with Crippen LogP contribution in [0.2, 0.25) is 0 Å². The zero-order valence-electron chi connectivity index (χ0n) is 9.00. The van der Waals surface area contributed by atoms with E-state index in [1.807, 2.05) is 13.0 Å². The van der Waals surface area contributed by atoms with Crippen LogP contribution in [0.4, 0.5) is 0 Å². The van der Waals surface area contributed by atoms with E-state index in [0.29, 0.717) is 6.42 Å². The molecular weight excluding hydrogens is 228 g/mol. The molecule has 3 nitrogen and oxygen atoms in total. The van der Waals surface area contributed by atoms with Crippen LogP contribution in [0.1, 0.15) is 16.7 Å². The fourth-order valence-corrected chi connectivity index (χ4v) is 1.60. The second-order valence-electron chi connectivity index (χ2n) is 3.68. The van der Waals surface area contributed by atoms with Gasteiger partial charge in [0, 0.05) is 6.42 Å². The molecule has 0 amide bonds. The minimum atomic E-state index is -0.854. The zero-order valence-corrected chi connectivity index (χ0v) is 9.75. The van der Waals surface area contributed by atoms with Gasteiger partial charge in [-0.25, -0.2) is 0 Å². The van der Waals surface area contributed by atoms with Gasteiger partial charge in [-0.2, -0.15) is 0 Å². The number of ketones is 1. The van der Waals surface area contributed by atoms with E-state index >= 15 is 0 Å². The number of Topliss-reactive ketones (excluding diaryl/α,β-unsaturated/α-hetero) is 1. The number of carbonyl (C=O) groups is 2. The van der Waals surface area contributed by atoms with Gasteiger partial charge in [-0.1, -0.05) is 18.2 Å². The fraction of sp³-hybridized carbons (Fsp3) is 0.333. The average Bonchev–Trinajstić information content (AvgIpc) is 2.21. The van der Waals surface area contributed by atoms with Gasteiger partial charge in [-0.05, 0) is 23.6 Å². The topological polar surface area (TPSA) is 54.4 Å². The molecule has 0 saturated carbocycles. The van der Waals surface area contributed by atoms with E-state index in [4.69, 9.17) is 16.7 Å². The predicted molar refractivity (Wildman–Crippen MR) is 61.9 cm³/mol. The molecule has 0 radical (unpaired) electrons. The summed E-state index contributed by atoms with van der Waals surface area (Å²) in [5.74, 6) is -0.879. The molecule has 0 unspecified atom stereocenters. The molecule has 0 spiro atoms. The third-order valence-electron chi connectivity index (χ3n) is 2.30. The number of aryl methyl sites for hydroxylation is 1. The second-order valence-corrected chi connectivity index (χ2v) is 3.95. The Labute approximate surface area is 99.0 Å². The van der Waals surface area contributed by atoms with Gasteiger partial charge in [0.1, 0.15) is 0 Å². The van der Waals surface area contributed by atoms with Gasteiger partial charge in [0.05, 0.1) is 12.3 Å². The van der Waals surface area contributed by atoms with Crippen molar-refractivity contribution in [3.8, 4) is 0 Å². The van der Waals surface area contributed by atoms with Crippen molar-refractivity contribution in [2.75, 3.05) is 5.88 Å². The van der Waals surface area contributed by atoms with Gasteiger partial charge in [-0.15, -0.1) is 11.6 Å². The summed E-state index contributed by atoms with van der Waals surface area (Å²) in [6.45, 7) is 1.84. The number of benzene rings is 1. The lowest BCUT2D eigenvalue weighted by Gasteiger charge is -2.05. The largest absolute Gasteiger partial charge is 0.481 e. The van der Waals surface area contributed by atoms with Crippen LogP contribution in [0.15, 0.2) is 18.2 Å². The molecule has 0 aromatic heterocycles. The molecule has 1 N–H and O–H groups in total. The first-order valence-corrected chi connectivity index (χ1v) is 5.44. The summed E-state index contributed by atoms with van der Waals surface area (Å²) < 4.78 is 0. The van der Waals surface area contributed by atoms with E-state index in [1.54, 1.807) is 12.1 Å². The molecule has 0 aliphatic rings. The third-order valence-corrected chi connectivity index (χ3v) is 2.60. The van der Waals surface area contributed by atoms with E-state index < -0.39 is 5.97 Å². The Hall–Kier alpha value is -1.35. The lowest BCUT2D eigenvalue weighted by atomic mass is 10.0. The summed E-state index contributed by atoms with van der Waals surface area (Å²) >= 11 is 5.41. The molecule has 1 aromatic carbocycles. The SMILES string of the molecule is Cc1cc(CC(=O)CCl)ccc1CC(=O)O. The molecule has 0 aliphatic heterocycles. The van der Waals surface area contributed by atoms with Gasteiger partial charge in [-0.3, -0.25) is 9.59 Å². The quantitative estimate of drug-likeness (QED) is 0.801. The number of carboxylic acids is 1. The van der Waals surface area contributed by atoms with Gasteiger partial charge < -0.3 is 5.11 Å². The molecular formula is C12H13ClO3. The molecule has 0 aliphatic carbocycles. The fourth-order valence-electron chi connectivity index (χ4n) is 1.50. The summed E-state index contributed by atoms with van der Waals surface area (Å²) in [5.41, 5.74) is 2.54.